The molecule has 178 valence electrons. The Hall–Kier alpha value is -4.10. The third-order valence-electron chi connectivity index (χ3n) is 6.44. The summed E-state index contributed by atoms with van der Waals surface area (Å²) in [6.07, 6.45) is 0.418. The second-order valence-electron chi connectivity index (χ2n) is 8.67. The summed E-state index contributed by atoms with van der Waals surface area (Å²) >= 11 is 0. The first-order valence-electron chi connectivity index (χ1n) is 11.4. The van der Waals surface area contributed by atoms with Gasteiger partial charge in [0, 0.05) is 30.0 Å². The van der Waals surface area contributed by atoms with Gasteiger partial charge in [0.05, 0.1) is 6.42 Å². The first-order valence-corrected chi connectivity index (χ1v) is 11.4. The fourth-order valence-electron chi connectivity index (χ4n) is 4.80. The van der Waals surface area contributed by atoms with Crippen molar-refractivity contribution in [1.82, 2.24) is 0 Å². The molecule has 35 heavy (non-hydrogen) atoms. The minimum atomic E-state index is -1.28. The van der Waals surface area contributed by atoms with E-state index < -0.39 is 35.9 Å². The summed E-state index contributed by atoms with van der Waals surface area (Å²) in [6.45, 7) is 0. The average molecular weight is 472 g/mol. The van der Waals surface area contributed by atoms with Gasteiger partial charge >= 0.3 is 5.97 Å². The van der Waals surface area contributed by atoms with E-state index in [0.29, 0.717) is 5.56 Å². The summed E-state index contributed by atoms with van der Waals surface area (Å²) in [5.41, 5.74) is 1.49. The lowest BCUT2D eigenvalue weighted by molar-refractivity contribution is -0.150. The highest BCUT2D eigenvalue weighted by atomic mass is 16.6. The number of phenolic OH excluding ortho intramolecular Hbond substituents is 2. The van der Waals surface area contributed by atoms with E-state index in [1.165, 1.54) is 6.08 Å². The highest BCUT2D eigenvalue weighted by Gasteiger charge is 2.41. The van der Waals surface area contributed by atoms with Gasteiger partial charge in [-0.05, 0) is 11.1 Å². The Morgan fingerprint density at radius 1 is 0.886 bits per heavy atom. The Bertz CT molecular complexity index is 1280. The highest BCUT2D eigenvalue weighted by Crippen LogP contribution is 2.50. The molecule has 2 aliphatic rings. The second-order valence-corrected chi connectivity index (χ2v) is 8.67. The summed E-state index contributed by atoms with van der Waals surface area (Å²) < 4.78 is 11.6. The van der Waals surface area contributed by atoms with Gasteiger partial charge in [0.2, 0.25) is 0 Å². The summed E-state index contributed by atoms with van der Waals surface area (Å²) in [5, 5.41) is 33.1. The van der Waals surface area contributed by atoms with Crippen molar-refractivity contribution in [2.45, 2.75) is 37.1 Å². The molecule has 7 heteroatoms. The van der Waals surface area contributed by atoms with Gasteiger partial charge in [-0.2, -0.15) is 0 Å². The van der Waals surface area contributed by atoms with Crippen LogP contribution in [0.25, 0.3) is 0 Å². The summed E-state index contributed by atoms with van der Waals surface area (Å²) in [4.78, 5) is 25.1. The van der Waals surface area contributed by atoms with Crippen LogP contribution < -0.4 is 4.74 Å². The van der Waals surface area contributed by atoms with E-state index in [0.717, 1.165) is 11.6 Å². The number of rotatable bonds is 5. The molecule has 0 amide bonds. The van der Waals surface area contributed by atoms with Crippen molar-refractivity contribution >= 4 is 11.8 Å². The quantitative estimate of drug-likeness (QED) is 0.478. The van der Waals surface area contributed by atoms with Crippen molar-refractivity contribution < 1.29 is 34.4 Å². The maximum absolute atomic E-state index is 13.2. The average Bonchev–Trinajstić information content (AvgIpc) is 2.86. The molecule has 7 nitrogen and oxygen atoms in total. The van der Waals surface area contributed by atoms with Crippen LogP contribution in [0.1, 0.15) is 51.9 Å². The fourth-order valence-corrected chi connectivity index (χ4v) is 4.80. The zero-order chi connectivity index (χ0) is 24.5. The maximum Gasteiger partial charge on any atom is 0.330 e. The number of aliphatic hydroxyl groups is 1. The lowest BCUT2D eigenvalue weighted by Gasteiger charge is -2.35. The van der Waals surface area contributed by atoms with E-state index in [9.17, 15) is 24.9 Å². The number of benzene rings is 3. The third kappa shape index (κ3) is 4.26. The van der Waals surface area contributed by atoms with E-state index >= 15 is 0 Å². The van der Waals surface area contributed by atoms with Crippen molar-refractivity contribution in [3.05, 3.63) is 101 Å². The Kier molecular flexibility index (Phi) is 6.01. The molecule has 0 fully saturated rings. The van der Waals surface area contributed by atoms with Crippen LogP contribution >= 0.6 is 0 Å². The molecule has 2 aliphatic heterocycles. The minimum absolute atomic E-state index is 0.0122. The Balaban J connectivity index is 1.67. The van der Waals surface area contributed by atoms with Gasteiger partial charge in [0.25, 0.3) is 0 Å². The molecule has 5 rings (SSSR count). The number of carbonyl (C=O) groups is 2. The van der Waals surface area contributed by atoms with E-state index in [-0.39, 0.29) is 41.3 Å². The topological polar surface area (TPSA) is 113 Å². The SMILES string of the molecule is O=C1C=CCC(C(O)C(c2ccccc2)c2c(O)cc(O)c3c2OC(c2ccccc2)CC3=O)O1. The highest BCUT2D eigenvalue weighted by molar-refractivity contribution is 6.03. The molecule has 3 aromatic rings. The maximum atomic E-state index is 13.2. The lowest BCUT2D eigenvalue weighted by Crippen LogP contribution is -2.38. The molecule has 0 spiro atoms. The van der Waals surface area contributed by atoms with Crippen LogP contribution in [0, 0.1) is 0 Å². The number of hydrogen-bond acceptors (Lipinski definition) is 7. The summed E-state index contributed by atoms with van der Waals surface area (Å²) in [5.74, 6) is -2.55. The van der Waals surface area contributed by atoms with Gasteiger partial charge in [-0.1, -0.05) is 66.7 Å². The molecule has 0 aromatic heterocycles. The van der Waals surface area contributed by atoms with Crippen LogP contribution in [0.15, 0.2) is 78.9 Å². The van der Waals surface area contributed by atoms with Crippen LogP contribution in [0.4, 0.5) is 0 Å². The fraction of sp³-hybridized carbons (Fsp3) is 0.214. The van der Waals surface area contributed by atoms with Crippen molar-refractivity contribution in [2.24, 2.45) is 0 Å². The Labute approximate surface area is 201 Å². The van der Waals surface area contributed by atoms with E-state index in [1.807, 2.05) is 36.4 Å². The molecule has 0 aliphatic carbocycles. The zero-order valence-electron chi connectivity index (χ0n) is 18.7. The third-order valence-corrected chi connectivity index (χ3v) is 6.44. The van der Waals surface area contributed by atoms with Gasteiger partial charge in [0.15, 0.2) is 5.78 Å². The number of phenols is 2. The lowest BCUT2D eigenvalue weighted by atomic mass is 9.80. The molecule has 3 N–H and O–H groups in total. The Morgan fingerprint density at radius 3 is 2.26 bits per heavy atom. The van der Waals surface area contributed by atoms with Crippen LogP contribution in [-0.2, 0) is 9.53 Å². The molecule has 0 bridgehead atoms. The number of Topliss-reactive ketones (excluding diaryl/α,β-unsaturated/α-hetero) is 1. The number of ketones is 1. The van der Waals surface area contributed by atoms with Crippen molar-refractivity contribution in [3.8, 4) is 17.2 Å². The van der Waals surface area contributed by atoms with Crippen LogP contribution in [0.5, 0.6) is 17.2 Å². The van der Waals surface area contributed by atoms with Gasteiger partial charge in [-0.3, -0.25) is 4.79 Å². The molecular formula is C28H24O7. The predicted molar refractivity (Wildman–Crippen MR) is 126 cm³/mol. The predicted octanol–water partition coefficient (Wildman–Crippen LogP) is 4.17. The van der Waals surface area contributed by atoms with Gasteiger partial charge in [-0.25, -0.2) is 4.79 Å². The zero-order valence-corrected chi connectivity index (χ0v) is 18.7. The number of ether oxygens (including phenoxy) is 2. The van der Waals surface area contributed by atoms with Gasteiger partial charge in [0.1, 0.15) is 41.1 Å². The standard InChI is InChI=1S/C28H24O7/c29-18-14-19(30)26(28-25(18)20(31)15-22(35-28)16-8-3-1-4-9-16)24(17-10-5-2-6-11-17)27(33)21-12-7-13-23(32)34-21/h1-11,13-14,21-22,24,27,29-30,33H,12,15H2. The van der Waals surface area contributed by atoms with Crippen LogP contribution in [0.3, 0.4) is 0 Å². The normalized spacial score (nSPS) is 20.9. The van der Waals surface area contributed by atoms with E-state index in [1.54, 1.807) is 30.3 Å². The van der Waals surface area contributed by atoms with Crippen LogP contribution in [-0.4, -0.2) is 39.3 Å². The number of esters is 1. The van der Waals surface area contributed by atoms with Crippen molar-refractivity contribution in [1.29, 1.82) is 0 Å². The number of hydrogen-bond donors (Lipinski definition) is 3. The first kappa shape index (κ1) is 22.7. The molecule has 4 atom stereocenters. The van der Waals surface area contributed by atoms with Crippen LogP contribution in [0.2, 0.25) is 0 Å². The van der Waals surface area contributed by atoms with E-state index in [2.05, 4.69) is 0 Å². The largest absolute Gasteiger partial charge is 0.507 e. The minimum Gasteiger partial charge on any atom is -0.507 e. The number of aromatic hydroxyl groups is 2. The molecule has 3 aromatic carbocycles. The molecule has 2 heterocycles. The number of aliphatic hydroxyl groups excluding tert-OH is 1. The molecule has 0 saturated carbocycles. The second kappa shape index (κ2) is 9.27. The number of carbonyl (C=O) groups excluding carboxylic acids is 2. The molecule has 4 unspecified atom stereocenters. The molecule has 0 saturated heterocycles. The molecule has 0 radical (unpaired) electrons. The van der Waals surface area contributed by atoms with Crippen molar-refractivity contribution in [2.75, 3.05) is 0 Å². The van der Waals surface area contributed by atoms with Gasteiger partial charge in [-0.15, -0.1) is 0 Å². The number of cyclic esters (lactones) is 1. The monoisotopic (exact) mass is 472 g/mol. The summed E-state index contributed by atoms with van der Waals surface area (Å²) in [6, 6.07) is 19.2. The smallest absolute Gasteiger partial charge is 0.330 e. The summed E-state index contributed by atoms with van der Waals surface area (Å²) in [7, 11) is 0. The van der Waals surface area contributed by atoms with Crippen molar-refractivity contribution in [3.63, 3.8) is 0 Å². The Morgan fingerprint density at radius 2 is 1.57 bits per heavy atom. The van der Waals surface area contributed by atoms with Gasteiger partial charge < -0.3 is 24.8 Å². The first-order chi connectivity index (χ1) is 16.9. The van der Waals surface area contributed by atoms with E-state index in [4.69, 9.17) is 9.47 Å². The molecular weight excluding hydrogens is 448 g/mol. The number of fused-ring (bicyclic) bond motifs is 1.